The minimum absolute atomic E-state index is 0.0281. The van der Waals surface area contributed by atoms with Crippen LogP contribution in [0.25, 0.3) is 0 Å². The van der Waals surface area contributed by atoms with Gasteiger partial charge in [0.05, 0.1) is 27.0 Å². The molecule has 3 rings (SSSR count). The van der Waals surface area contributed by atoms with E-state index in [1.165, 1.54) is 17.0 Å². The molecule has 1 N–H and O–H groups in total. The number of sulfonamides is 1. The van der Waals surface area contributed by atoms with Gasteiger partial charge < -0.3 is 10.2 Å². The van der Waals surface area contributed by atoms with E-state index in [0.717, 1.165) is 48.2 Å². The summed E-state index contributed by atoms with van der Waals surface area (Å²) in [6.45, 7) is 1.21. The van der Waals surface area contributed by atoms with Gasteiger partial charge in [-0.2, -0.15) is 0 Å². The smallest absolute Gasteiger partial charge is 0.244 e. The molecule has 0 saturated heterocycles. The highest BCUT2D eigenvalue weighted by atomic mass is 35.5. The molecule has 36 heavy (non-hydrogen) atoms. The predicted molar refractivity (Wildman–Crippen MR) is 145 cm³/mol. The van der Waals surface area contributed by atoms with E-state index in [1.54, 1.807) is 6.92 Å². The van der Waals surface area contributed by atoms with Crippen molar-refractivity contribution >= 4 is 62.3 Å². The lowest BCUT2D eigenvalue weighted by Gasteiger charge is -2.33. The van der Waals surface area contributed by atoms with Crippen molar-refractivity contribution in [2.45, 2.75) is 57.7 Å². The zero-order valence-electron chi connectivity index (χ0n) is 20.2. The van der Waals surface area contributed by atoms with Crippen LogP contribution >= 0.6 is 34.8 Å². The maximum Gasteiger partial charge on any atom is 0.244 e. The van der Waals surface area contributed by atoms with E-state index in [9.17, 15) is 18.0 Å². The Morgan fingerprint density at radius 2 is 1.61 bits per heavy atom. The first kappa shape index (κ1) is 28.6. The molecule has 0 spiro atoms. The number of benzene rings is 2. The summed E-state index contributed by atoms with van der Waals surface area (Å²) in [5.74, 6) is -0.831. The lowest BCUT2D eigenvalue weighted by Crippen LogP contribution is -2.53. The molecule has 1 aliphatic carbocycles. The number of nitrogens with zero attached hydrogens (tertiary/aromatic N) is 2. The normalized spacial score (nSPS) is 15.2. The molecule has 1 saturated carbocycles. The van der Waals surface area contributed by atoms with Gasteiger partial charge in [0.25, 0.3) is 0 Å². The van der Waals surface area contributed by atoms with Crippen LogP contribution in [0, 0.1) is 0 Å². The van der Waals surface area contributed by atoms with E-state index in [0.29, 0.717) is 0 Å². The van der Waals surface area contributed by atoms with Crippen molar-refractivity contribution in [2.75, 3.05) is 17.1 Å². The van der Waals surface area contributed by atoms with Gasteiger partial charge >= 0.3 is 0 Å². The highest BCUT2D eigenvalue weighted by molar-refractivity contribution is 7.92. The fraction of sp³-hybridized carbons (Fsp3) is 0.440. The molecule has 1 fully saturated rings. The lowest BCUT2D eigenvalue weighted by atomic mass is 9.95. The number of hydrogen-bond acceptors (Lipinski definition) is 4. The van der Waals surface area contributed by atoms with Crippen molar-refractivity contribution < 1.29 is 18.0 Å². The molecular weight excluding hydrogens is 545 g/mol. The Kier molecular flexibility index (Phi) is 9.92. The van der Waals surface area contributed by atoms with Gasteiger partial charge in [0, 0.05) is 12.6 Å². The molecule has 2 amide bonds. The third kappa shape index (κ3) is 7.51. The number of carbonyl (C=O) groups is 2. The molecule has 2 aromatic carbocycles. The molecular formula is C25H30Cl3N3O4S. The van der Waals surface area contributed by atoms with Crippen molar-refractivity contribution in [2.24, 2.45) is 0 Å². The van der Waals surface area contributed by atoms with Gasteiger partial charge in [-0.3, -0.25) is 13.9 Å². The largest absolute Gasteiger partial charge is 0.352 e. The van der Waals surface area contributed by atoms with E-state index in [-0.39, 0.29) is 39.2 Å². The maximum atomic E-state index is 13.6. The first-order chi connectivity index (χ1) is 17.0. The fourth-order valence-corrected chi connectivity index (χ4v) is 5.78. The Morgan fingerprint density at radius 1 is 1.00 bits per heavy atom. The van der Waals surface area contributed by atoms with Crippen LogP contribution in [0.1, 0.15) is 44.6 Å². The Morgan fingerprint density at radius 3 is 2.22 bits per heavy atom. The molecule has 1 atom stereocenters. The molecule has 1 aliphatic rings. The van der Waals surface area contributed by atoms with Gasteiger partial charge in [0.15, 0.2) is 0 Å². The number of halogens is 3. The van der Waals surface area contributed by atoms with Crippen molar-refractivity contribution in [3.05, 3.63) is 63.1 Å². The zero-order valence-corrected chi connectivity index (χ0v) is 23.3. The van der Waals surface area contributed by atoms with Gasteiger partial charge in [0.2, 0.25) is 21.8 Å². The van der Waals surface area contributed by atoms with E-state index in [4.69, 9.17) is 34.8 Å². The van der Waals surface area contributed by atoms with Gasteiger partial charge in [-0.15, -0.1) is 0 Å². The summed E-state index contributed by atoms with van der Waals surface area (Å²) in [6.07, 6.45) is 6.05. The van der Waals surface area contributed by atoms with Crippen LogP contribution in [0.15, 0.2) is 42.5 Å². The average Bonchev–Trinajstić information content (AvgIpc) is 2.83. The highest BCUT2D eigenvalue weighted by Crippen LogP contribution is 2.35. The number of nitrogens with one attached hydrogen (secondary N) is 1. The van der Waals surface area contributed by atoms with Crippen molar-refractivity contribution in [1.82, 2.24) is 10.2 Å². The Labute approximate surface area is 227 Å². The molecule has 0 aliphatic heterocycles. The van der Waals surface area contributed by atoms with Gasteiger partial charge in [-0.1, -0.05) is 84.4 Å². The topological polar surface area (TPSA) is 86.8 Å². The molecule has 0 bridgehead atoms. The van der Waals surface area contributed by atoms with E-state index < -0.39 is 28.5 Å². The van der Waals surface area contributed by atoms with Crippen LogP contribution in [0.3, 0.4) is 0 Å². The van der Waals surface area contributed by atoms with Crippen molar-refractivity contribution in [1.29, 1.82) is 0 Å². The SMILES string of the molecule is CC(C(=O)NC1CCCCC1)N(Cc1ccccc1)C(=O)CN(c1cc(Cl)c(Cl)cc1Cl)S(C)(=O)=O. The lowest BCUT2D eigenvalue weighted by molar-refractivity contribution is -0.139. The van der Waals surface area contributed by atoms with Crippen molar-refractivity contribution in [3.63, 3.8) is 0 Å². The van der Waals surface area contributed by atoms with Gasteiger partial charge in [-0.25, -0.2) is 8.42 Å². The summed E-state index contributed by atoms with van der Waals surface area (Å²) in [5.41, 5.74) is 0.836. The van der Waals surface area contributed by atoms with Crippen LogP contribution in [-0.4, -0.2) is 50.0 Å². The predicted octanol–water partition coefficient (Wildman–Crippen LogP) is 5.28. The number of hydrogen-bond donors (Lipinski definition) is 1. The minimum atomic E-state index is -3.94. The summed E-state index contributed by atoms with van der Waals surface area (Å²) in [4.78, 5) is 28.1. The number of rotatable bonds is 9. The van der Waals surface area contributed by atoms with Crippen LogP contribution in [0.2, 0.25) is 15.1 Å². The molecule has 2 aromatic rings. The number of carbonyl (C=O) groups excluding carboxylic acids is 2. The van der Waals surface area contributed by atoms with E-state index >= 15 is 0 Å². The first-order valence-corrected chi connectivity index (χ1v) is 14.7. The van der Waals surface area contributed by atoms with Crippen LogP contribution in [0.4, 0.5) is 5.69 Å². The second-order valence-electron chi connectivity index (χ2n) is 9.01. The van der Waals surface area contributed by atoms with Crippen LogP contribution in [0.5, 0.6) is 0 Å². The number of anilines is 1. The summed E-state index contributed by atoms with van der Waals surface area (Å²) in [6, 6.07) is 11.1. The summed E-state index contributed by atoms with van der Waals surface area (Å²) < 4.78 is 26.3. The Hall–Kier alpha value is -2.00. The van der Waals surface area contributed by atoms with Crippen molar-refractivity contribution in [3.8, 4) is 0 Å². The van der Waals surface area contributed by atoms with Crippen LogP contribution < -0.4 is 9.62 Å². The zero-order chi connectivity index (χ0) is 26.5. The molecule has 0 aromatic heterocycles. The molecule has 196 valence electrons. The summed E-state index contributed by atoms with van der Waals surface area (Å²) in [5, 5.41) is 3.34. The standard InChI is InChI=1S/C25H30Cl3N3O4S/c1-17(25(33)29-19-11-7-4-8-12-19)30(15-18-9-5-3-6-10-18)24(32)16-31(36(2,34)35)23-14-21(27)20(26)13-22(23)28/h3,5-6,9-10,13-14,17,19H,4,7-8,11-12,15-16H2,1-2H3,(H,29,33). The minimum Gasteiger partial charge on any atom is -0.352 e. The molecule has 0 radical (unpaired) electrons. The summed E-state index contributed by atoms with van der Waals surface area (Å²) in [7, 11) is -3.94. The Bertz CT molecular complexity index is 1190. The third-order valence-electron chi connectivity index (χ3n) is 6.25. The first-order valence-electron chi connectivity index (χ1n) is 11.7. The second-order valence-corrected chi connectivity index (χ2v) is 12.1. The third-order valence-corrected chi connectivity index (χ3v) is 8.40. The fourth-order valence-electron chi connectivity index (χ4n) is 4.23. The van der Waals surface area contributed by atoms with E-state index in [1.807, 2.05) is 30.3 Å². The van der Waals surface area contributed by atoms with Crippen LogP contribution in [-0.2, 0) is 26.2 Å². The number of amides is 2. The average molecular weight is 575 g/mol. The maximum absolute atomic E-state index is 13.6. The highest BCUT2D eigenvalue weighted by Gasteiger charge is 2.32. The molecule has 7 nitrogen and oxygen atoms in total. The Balaban J connectivity index is 1.90. The molecule has 0 heterocycles. The van der Waals surface area contributed by atoms with E-state index in [2.05, 4.69) is 5.32 Å². The molecule has 1 unspecified atom stereocenters. The summed E-state index contributed by atoms with van der Waals surface area (Å²) >= 11 is 18.4. The molecule has 11 heteroatoms. The quantitative estimate of drug-likeness (QED) is 0.413. The second kappa shape index (κ2) is 12.5. The monoisotopic (exact) mass is 573 g/mol. The van der Waals surface area contributed by atoms with Gasteiger partial charge in [-0.05, 0) is 37.5 Å². The van der Waals surface area contributed by atoms with Gasteiger partial charge in [0.1, 0.15) is 12.6 Å².